The summed E-state index contributed by atoms with van der Waals surface area (Å²) in [5, 5.41) is 11.5. The Morgan fingerprint density at radius 3 is 2.81 bits per heavy atom. The van der Waals surface area contributed by atoms with Crippen molar-refractivity contribution < 1.29 is 14.3 Å². The van der Waals surface area contributed by atoms with Crippen LogP contribution in [0.3, 0.4) is 0 Å². The highest BCUT2D eigenvalue weighted by molar-refractivity contribution is 5.88. The molecule has 0 saturated carbocycles. The summed E-state index contributed by atoms with van der Waals surface area (Å²) >= 11 is 0. The molecule has 0 amide bonds. The third kappa shape index (κ3) is 3.59. The van der Waals surface area contributed by atoms with Gasteiger partial charge in [-0.2, -0.15) is 0 Å². The highest BCUT2D eigenvalue weighted by Crippen LogP contribution is 2.26. The molecule has 1 N–H and O–H groups in total. The summed E-state index contributed by atoms with van der Waals surface area (Å²) in [5.41, 5.74) is 0.899. The Kier molecular flexibility index (Phi) is 4.95. The lowest BCUT2D eigenvalue weighted by Gasteiger charge is -2.23. The molecule has 7 nitrogen and oxygen atoms in total. The zero-order chi connectivity index (χ0) is 15.5. The third-order valence-corrected chi connectivity index (χ3v) is 4.02. The van der Waals surface area contributed by atoms with Gasteiger partial charge in [0.2, 0.25) is 0 Å². The molecular weight excluding hydrogens is 272 g/mol. The maximum absolute atomic E-state index is 11.9. The Hall–Kier alpha value is -1.47. The van der Waals surface area contributed by atoms with E-state index in [1.165, 1.54) is 7.11 Å². The second-order valence-corrected chi connectivity index (χ2v) is 5.90. The van der Waals surface area contributed by atoms with E-state index in [4.69, 9.17) is 9.47 Å². The summed E-state index contributed by atoms with van der Waals surface area (Å²) < 4.78 is 12.0. The minimum absolute atomic E-state index is 0.111. The number of carbonyl (C=O) groups is 1. The maximum atomic E-state index is 11.9. The molecule has 1 aliphatic heterocycles. The van der Waals surface area contributed by atoms with Crippen LogP contribution >= 0.6 is 0 Å². The fraction of sp³-hybridized carbons (Fsp3) is 0.786. The first-order valence-electron chi connectivity index (χ1n) is 7.29. The van der Waals surface area contributed by atoms with Gasteiger partial charge in [-0.1, -0.05) is 5.21 Å². The molecule has 7 heteroatoms. The van der Waals surface area contributed by atoms with Crippen molar-refractivity contribution in [1.82, 2.24) is 20.3 Å². The van der Waals surface area contributed by atoms with Gasteiger partial charge in [-0.05, 0) is 39.7 Å². The highest BCUT2D eigenvalue weighted by Gasteiger charge is 2.29. The van der Waals surface area contributed by atoms with Gasteiger partial charge in [0.25, 0.3) is 0 Å². The zero-order valence-corrected chi connectivity index (χ0v) is 13.2. The van der Waals surface area contributed by atoms with Gasteiger partial charge >= 0.3 is 5.97 Å². The summed E-state index contributed by atoms with van der Waals surface area (Å²) in [5.74, 6) is -0.434. The molecule has 2 heterocycles. The lowest BCUT2D eigenvalue weighted by atomic mass is 10.0. The molecule has 0 radical (unpaired) electrons. The number of nitrogens with zero attached hydrogens (tertiary/aromatic N) is 3. The van der Waals surface area contributed by atoms with Crippen molar-refractivity contribution in [3.63, 3.8) is 0 Å². The monoisotopic (exact) mass is 296 g/mol. The van der Waals surface area contributed by atoms with Crippen LogP contribution in [-0.4, -0.2) is 47.3 Å². The number of esters is 1. The molecular formula is C14H24N4O3. The molecule has 1 saturated heterocycles. The van der Waals surface area contributed by atoms with Crippen LogP contribution in [0.25, 0.3) is 0 Å². The Morgan fingerprint density at radius 2 is 2.24 bits per heavy atom. The fourth-order valence-electron chi connectivity index (χ4n) is 2.47. The molecule has 21 heavy (non-hydrogen) atoms. The number of aromatic nitrogens is 3. The molecule has 0 bridgehead atoms. The standard InChI is InChI=1S/C14H24N4O3/c1-14(2,21-4)7-9-18-12(10-6-5-8-15-10)11(16-17-18)13(19)20-3/h10,15H,5-9H2,1-4H3. The van der Waals surface area contributed by atoms with Crippen LogP contribution in [0.2, 0.25) is 0 Å². The topological polar surface area (TPSA) is 78.3 Å². The first-order chi connectivity index (χ1) is 9.98. The third-order valence-electron chi connectivity index (χ3n) is 4.02. The van der Waals surface area contributed by atoms with Crippen LogP contribution < -0.4 is 5.32 Å². The van der Waals surface area contributed by atoms with Gasteiger partial charge in [-0.3, -0.25) is 0 Å². The predicted octanol–water partition coefficient (Wildman–Crippen LogP) is 1.30. The van der Waals surface area contributed by atoms with Crippen molar-refractivity contribution in [2.24, 2.45) is 0 Å². The number of hydrogen-bond acceptors (Lipinski definition) is 6. The SMILES string of the molecule is COC(=O)c1nnn(CCC(C)(C)OC)c1C1CCCN1. The van der Waals surface area contributed by atoms with E-state index in [1.54, 1.807) is 11.8 Å². The van der Waals surface area contributed by atoms with E-state index in [1.807, 2.05) is 13.8 Å². The summed E-state index contributed by atoms with van der Waals surface area (Å²) in [6.45, 7) is 5.65. The second kappa shape index (κ2) is 6.53. The van der Waals surface area contributed by atoms with Gasteiger partial charge < -0.3 is 14.8 Å². The van der Waals surface area contributed by atoms with Crippen molar-refractivity contribution in [2.45, 2.75) is 51.3 Å². The molecule has 0 aliphatic carbocycles. The first kappa shape index (κ1) is 15.9. The van der Waals surface area contributed by atoms with Gasteiger partial charge in [-0.15, -0.1) is 5.10 Å². The van der Waals surface area contributed by atoms with Gasteiger partial charge in [-0.25, -0.2) is 9.48 Å². The molecule has 2 rings (SSSR count). The van der Waals surface area contributed by atoms with Gasteiger partial charge in [0.15, 0.2) is 5.69 Å². The average molecular weight is 296 g/mol. The number of ether oxygens (including phenoxy) is 2. The summed E-state index contributed by atoms with van der Waals surface area (Å²) in [6.07, 6.45) is 2.85. The smallest absolute Gasteiger partial charge is 0.360 e. The molecule has 1 fully saturated rings. The van der Waals surface area contributed by atoms with E-state index in [0.29, 0.717) is 12.2 Å². The molecule has 1 unspecified atom stereocenters. The van der Waals surface area contributed by atoms with Crippen molar-refractivity contribution in [1.29, 1.82) is 0 Å². The van der Waals surface area contributed by atoms with E-state index in [2.05, 4.69) is 15.6 Å². The maximum Gasteiger partial charge on any atom is 0.360 e. The Morgan fingerprint density at radius 1 is 1.48 bits per heavy atom. The summed E-state index contributed by atoms with van der Waals surface area (Å²) in [4.78, 5) is 11.9. The molecule has 1 atom stereocenters. The Labute approximate surface area is 125 Å². The number of hydrogen-bond donors (Lipinski definition) is 1. The normalized spacial score (nSPS) is 19.0. The van der Waals surface area contributed by atoms with Crippen LogP contribution in [-0.2, 0) is 16.0 Å². The van der Waals surface area contributed by atoms with E-state index < -0.39 is 5.97 Å². The van der Waals surface area contributed by atoms with Gasteiger partial charge in [0, 0.05) is 13.7 Å². The Balaban J connectivity index is 2.24. The molecule has 1 aromatic heterocycles. The lowest BCUT2D eigenvalue weighted by Crippen LogP contribution is -2.27. The van der Waals surface area contributed by atoms with Crippen molar-refractivity contribution >= 4 is 5.97 Å². The molecule has 1 aliphatic rings. The fourth-order valence-corrected chi connectivity index (χ4v) is 2.47. The first-order valence-corrected chi connectivity index (χ1v) is 7.29. The van der Waals surface area contributed by atoms with E-state index in [9.17, 15) is 4.79 Å². The van der Waals surface area contributed by atoms with Crippen LogP contribution in [0.4, 0.5) is 0 Å². The van der Waals surface area contributed by atoms with Crippen LogP contribution in [0.5, 0.6) is 0 Å². The molecule has 118 valence electrons. The lowest BCUT2D eigenvalue weighted by molar-refractivity contribution is 0.0109. The van der Waals surface area contributed by atoms with Crippen LogP contribution in [0, 0.1) is 0 Å². The number of aryl methyl sites for hydroxylation is 1. The van der Waals surface area contributed by atoms with Gasteiger partial charge in [0.1, 0.15) is 0 Å². The van der Waals surface area contributed by atoms with Crippen LogP contribution in [0.15, 0.2) is 0 Å². The van der Waals surface area contributed by atoms with Gasteiger partial charge in [0.05, 0.1) is 24.4 Å². The zero-order valence-electron chi connectivity index (χ0n) is 13.2. The number of methoxy groups -OCH3 is 2. The van der Waals surface area contributed by atoms with Crippen molar-refractivity contribution in [3.05, 3.63) is 11.4 Å². The summed E-state index contributed by atoms with van der Waals surface area (Å²) in [6, 6.07) is 0.111. The van der Waals surface area contributed by atoms with Crippen molar-refractivity contribution in [3.8, 4) is 0 Å². The van der Waals surface area contributed by atoms with Crippen molar-refractivity contribution in [2.75, 3.05) is 20.8 Å². The summed E-state index contributed by atoms with van der Waals surface area (Å²) in [7, 11) is 3.06. The highest BCUT2D eigenvalue weighted by atomic mass is 16.5. The number of nitrogens with one attached hydrogen (secondary N) is 1. The molecule has 1 aromatic rings. The largest absolute Gasteiger partial charge is 0.464 e. The predicted molar refractivity (Wildman–Crippen MR) is 77.0 cm³/mol. The molecule has 0 spiro atoms. The number of rotatable bonds is 6. The quantitative estimate of drug-likeness (QED) is 0.797. The van der Waals surface area contributed by atoms with E-state index in [0.717, 1.165) is 31.5 Å². The molecule has 0 aromatic carbocycles. The van der Waals surface area contributed by atoms with E-state index >= 15 is 0 Å². The van der Waals surface area contributed by atoms with E-state index in [-0.39, 0.29) is 11.6 Å². The average Bonchev–Trinajstić information content (AvgIpc) is 3.12. The number of carbonyl (C=O) groups excluding carboxylic acids is 1. The second-order valence-electron chi connectivity index (χ2n) is 5.90. The Bertz CT molecular complexity index is 492. The minimum atomic E-state index is -0.434. The minimum Gasteiger partial charge on any atom is -0.464 e. The van der Waals surface area contributed by atoms with Crippen LogP contribution in [0.1, 0.15) is 55.3 Å².